The van der Waals surface area contributed by atoms with Gasteiger partial charge in [-0.15, -0.1) is 0 Å². The van der Waals surface area contributed by atoms with Crippen LogP contribution in [-0.4, -0.2) is 48.7 Å². The van der Waals surface area contributed by atoms with Gasteiger partial charge in [-0.25, -0.2) is 0 Å². The molecule has 2 aromatic rings. The number of hydrogen-bond donors (Lipinski definition) is 1. The van der Waals surface area contributed by atoms with E-state index in [1.807, 2.05) is 18.2 Å². The Kier molecular flexibility index (Phi) is 5.76. The predicted molar refractivity (Wildman–Crippen MR) is 80.6 cm³/mol. The molecule has 2 rings (SSSR count). The van der Waals surface area contributed by atoms with Gasteiger partial charge in [0, 0.05) is 19.7 Å². The Balaban J connectivity index is 2.07. The molecule has 0 radical (unpaired) electrons. The van der Waals surface area contributed by atoms with Gasteiger partial charge in [0.1, 0.15) is 12.3 Å². The fraction of sp³-hybridized carbons (Fsp3) is 0.250. The Labute approximate surface area is 133 Å². The van der Waals surface area contributed by atoms with Crippen molar-refractivity contribution in [3.8, 4) is 11.7 Å². The molecule has 0 bridgehead atoms. The third-order valence-electron chi connectivity index (χ3n) is 2.93. The monoisotopic (exact) mass is 319 g/mol. The van der Waals surface area contributed by atoms with Gasteiger partial charge in [0.25, 0.3) is 11.9 Å². The number of nitrogens with zero attached hydrogens (tertiary/aromatic N) is 1. The molecule has 0 unspecified atom stereocenters. The maximum Gasteiger partial charge on any atom is 0.323 e. The number of hydrogen-bond acceptors (Lipinski definition) is 5. The molecule has 1 N–H and O–H groups in total. The van der Waals surface area contributed by atoms with Crippen LogP contribution in [0.1, 0.15) is 10.6 Å². The summed E-state index contributed by atoms with van der Waals surface area (Å²) in [6.45, 7) is -0.0535. The standard InChI is InChI=1S/C16H17NO6/c1-21-10-9-17(11-14(18)19)16(20)13-7-8-15(23-13)22-12-5-3-2-4-6-12/h2-8H,9-11H2,1H3,(H,18,19). The summed E-state index contributed by atoms with van der Waals surface area (Å²) in [4.78, 5) is 24.3. The van der Waals surface area contributed by atoms with Crippen molar-refractivity contribution in [1.82, 2.24) is 4.90 Å². The zero-order valence-corrected chi connectivity index (χ0v) is 12.6. The molecule has 0 fully saturated rings. The summed E-state index contributed by atoms with van der Waals surface area (Å²) in [6.07, 6.45) is 0. The van der Waals surface area contributed by atoms with Gasteiger partial charge in [0.2, 0.25) is 0 Å². The summed E-state index contributed by atoms with van der Waals surface area (Å²) < 4.78 is 15.7. The molecule has 7 heteroatoms. The maximum absolute atomic E-state index is 12.3. The van der Waals surface area contributed by atoms with E-state index in [2.05, 4.69) is 0 Å². The Bertz CT molecular complexity index is 652. The number of benzene rings is 1. The third-order valence-corrected chi connectivity index (χ3v) is 2.93. The van der Waals surface area contributed by atoms with E-state index in [0.717, 1.165) is 4.90 Å². The van der Waals surface area contributed by atoms with E-state index in [1.165, 1.54) is 19.2 Å². The molecule has 0 atom stereocenters. The first kappa shape index (κ1) is 16.6. The summed E-state index contributed by atoms with van der Waals surface area (Å²) in [5, 5.41) is 8.89. The van der Waals surface area contributed by atoms with Crippen LogP contribution in [0.15, 0.2) is 46.9 Å². The number of methoxy groups -OCH3 is 1. The van der Waals surface area contributed by atoms with Crippen molar-refractivity contribution in [3.05, 3.63) is 48.2 Å². The zero-order chi connectivity index (χ0) is 16.7. The van der Waals surface area contributed by atoms with Crippen molar-refractivity contribution in [1.29, 1.82) is 0 Å². The van der Waals surface area contributed by atoms with E-state index in [9.17, 15) is 9.59 Å². The molecule has 1 aromatic heterocycles. The highest BCUT2D eigenvalue weighted by molar-refractivity contribution is 5.93. The maximum atomic E-state index is 12.3. The highest BCUT2D eigenvalue weighted by Gasteiger charge is 2.21. The van der Waals surface area contributed by atoms with Gasteiger partial charge >= 0.3 is 5.97 Å². The summed E-state index contributed by atoms with van der Waals surface area (Å²) in [6, 6.07) is 11.9. The number of carboxylic acids is 1. The van der Waals surface area contributed by atoms with E-state index in [-0.39, 0.29) is 24.9 Å². The van der Waals surface area contributed by atoms with Crippen molar-refractivity contribution in [2.75, 3.05) is 26.8 Å². The lowest BCUT2D eigenvalue weighted by Gasteiger charge is -2.18. The third kappa shape index (κ3) is 4.86. The highest BCUT2D eigenvalue weighted by atomic mass is 16.6. The Morgan fingerprint density at radius 2 is 1.91 bits per heavy atom. The molecular formula is C16H17NO6. The number of aliphatic carboxylic acids is 1. The van der Waals surface area contributed by atoms with E-state index < -0.39 is 18.4 Å². The van der Waals surface area contributed by atoms with Crippen molar-refractivity contribution in [2.24, 2.45) is 0 Å². The van der Waals surface area contributed by atoms with Crippen LogP contribution in [0.4, 0.5) is 0 Å². The quantitative estimate of drug-likeness (QED) is 0.802. The van der Waals surface area contributed by atoms with Gasteiger partial charge in [-0.05, 0) is 18.2 Å². The van der Waals surface area contributed by atoms with Crippen LogP contribution in [0.25, 0.3) is 0 Å². The Hall–Kier alpha value is -2.80. The van der Waals surface area contributed by atoms with Gasteiger partial charge in [0.15, 0.2) is 5.76 Å². The number of furan rings is 1. The molecule has 1 heterocycles. The summed E-state index contributed by atoms with van der Waals surface area (Å²) in [5.74, 6) is -0.911. The van der Waals surface area contributed by atoms with E-state index in [4.69, 9.17) is 19.0 Å². The number of para-hydroxylation sites is 1. The molecule has 122 valence electrons. The highest BCUT2D eigenvalue weighted by Crippen LogP contribution is 2.24. The average Bonchev–Trinajstić information content (AvgIpc) is 3.00. The van der Waals surface area contributed by atoms with Gasteiger partial charge in [-0.3, -0.25) is 9.59 Å². The molecular weight excluding hydrogens is 302 g/mol. The van der Waals surface area contributed by atoms with Gasteiger partial charge in [0.05, 0.1) is 6.61 Å². The number of carbonyl (C=O) groups is 2. The minimum absolute atomic E-state index is 0.00767. The average molecular weight is 319 g/mol. The molecule has 0 saturated carbocycles. The van der Waals surface area contributed by atoms with Crippen LogP contribution in [0.2, 0.25) is 0 Å². The molecule has 0 aliphatic carbocycles. The van der Waals surface area contributed by atoms with Crippen molar-refractivity contribution in [3.63, 3.8) is 0 Å². The zero-order valence-electron chi connectivity index (χ0n) is 12.6. The second-order valence-corrected chi connectivity index (χ2v) is 4.65. The topological polar surface area (TPSA) is 89.2 Å². The number of rotatable bonds is 8. The smallest absolute Gasteiger partial charge is 0.323 e. The van der Waals surface area contributed by atoms with Crippen LogP contribution in [0, 0.1) is 0 Å². The first-order valence-electron chi connectivity index (χ1n) is 6.93. The largest absolute Gasteiger partial charge is 0.480 e. The van der Waals surface area contributed by atoms with Crippen LogP contribution in [-0.2, 0) is 9.53 Å². The number of amides is 1. The molecule has 23 heavy (non-hydrogen) atoms. The normalized spacial score (nSPS) is 10.3. The minimum Gasteiger partial charge on any atom is -0.480 e. The minimum atomic E-state index is -1.11. The number of carbonyl (C=O) groups excluding carboxylic acids is 1. The molecule has 0 aliphatic rings. The predicted octanol–water partition coefficient (Wildman–Crippen LogP) is 2.25. The summed E-state index contributed by atoms with van der Waals surface area (Å²) in [7, 11) is 1.47. The molecule has 0 aliphatic heterocycles. The van der Waals surface area contributed by atoms with Crippen molar-refractivity contribution >= 4 is 11.9 Å². The number of carboxylic acid groups (broad SMARTS) is 1. The van der Waals surface area contributed by atoms with Gasteiger partial charge < -0.3 is 23.9 Å². The number of ether oxygens (including phenoxy) is 2. The van der Waals surface area contributed by atoms with Crippen molar-refractivity contribution in [2.45, 2.75) is 0 Å². The van der Waals surface area contributed by atoms with E-state index >= 15 is 0 Å². The van der Waals surface area contributed by atoms with Gasteiger partial charge in [-0.2, -0.15) is 0 Å². The molecule has 7 nitrogen and oxygen atoms in total. The second kappa shape index (κ2) is 8.00. The van der Waals surface area contributed by atoms with Crippen LogP contribution in [0.5, 0.6) is 11.7 Å². The van der Waals surface area contributed by atoms with E-state index in [0.29, 0.717) is 5.75 Å². The van der Waals surface area contributed by atoms with Crippen LogP contribution in [0.3, 0.4) is 0 Å². The molecule has 1 amide bonds. The lowest BCUT2D eigenvalue weighted by Crippen LogP contribution is -2.37. The first-order chi connectivity index (χ1) is 11.1. The molecule has 0 saturated heterocycles. The first-order valence-corrected chi connectivity index (χ1v) is 6.93. The Morgan fingerprint density at radius 1 is 1.17 bits per heavy atom. The van der Waals surface area contributed by atoms with Crippen molar-refractivity contribution < 1.29 is 28.6 Å². The van der Waals surface area contributed by atoms with Gasteiger partial charge in [-0.1, -0.05) is 18.2 Å². The fourth-order valence-corrected chi connectivity index (χ4v) is 1.87. The molecule has 0 spiro atoms. The molecule has 1 aromatic carbocycles. The van der Waals surface area contributed by atoms with E-state index in [1.54, 1.807) is 12.1 Å². The lowest BCUT2D eigenvalue weighted by molar-refractivity contribution is -0.137. The second-order valence-electron chi connectivity index (χ2n) is 4.65. The Morgan fingerprint density at radius 3 is 2.57 bits per heavy atom. The fourth-order valence-electron chi connectivity index (χ4n) is 1.87. The van der Waals surface area contributed by atoms with Crippen LogP contribution < -0.4 is 4.74 Å². The SMILES string of the molecule is COCCN(CC(=O)O)C(=O)c1ccc(Oc2ccccc2)o1. The summed E-state index contributed by atoms with van der Waals surface area (Å²) in [5.41, 5.74) is 0. The summed E-state index contributed by atoms with van der Waals surface area (Å²) >= 11 is 0. The lowest BCUT2D eigenvalue weighted by atomic mass is 10.3. The van der Waals surface area contributed by atoms with Crippen LogP contribution >= 0.6 is 0 Å².